The van der Waals surface area contributed by atoms with Crippen molar-refractivity contribution in [1.82, 2.24) is 4.72 Å². The van der Waals surface area contributed by atoms with Crippen LogP contribution < -0.4 is 10.5 Å². The molecule has 0 aromatic heterocycles. The van der Waals surface area contributed by atoms with Crippen molar-refractivity contribution in [2.24, 2.45) is 5.73 Å². The Kier molecular flexibility index (Phi) is 7.02. The summed E-state index contributed by atoms with van der Waals surface area (Å²) < 4.78 is 27.6. The van der Waals surface area contributed by atoms with Gasteiger partial charge in [0.1, 0.15) is 0 Å². The van der Waals surface area contributed by atoms with Crippen LogP contribution in [0.3, 0.4) is 0 Å². The van der Waals surface area contributed by atoms with Gasteiger partial charge >= 0.3 is 0 Å². The molecule has 0 atom stereocenters. The number of hydrogen-bond acceptors (Lipinski definition) is 4. The fourth-order valence-electron chi connectivity index (χ4n) is 2.95. The van der Waals surface area contributed by atoms with Crippen molar-refractivity contribution in [2.75, 3.05) is 6.54 Å². The molecular weight excluding hydrogens is 334 g/mol. The van der Waals surface area contributed by atoms with Crippen LogP contribution in [0.2, 0.25) is 0 Å². The Morgan fingerprint density at radius 2 is 1.87 bits per heavy atom. The van der Waals surface area contributed by atoms with Crippen LogP contribution in [-0.4, -0.2) is 20.5 Å². The van der Waals surface area contributed by atoms with Crippen LogP contribution in [0, 0.1) is 18.3 Å². The molecule has 0 amide bonds. The molecule has 1 aliphatic carbocycles. The van der Waals surface area contributed by atoms with E-state index in [-0.39, 0.29) is 23.8 Å². The van der Waals surface area contributed by atoms with Crippen molar-refractivity contribution in [3.63, 3.8) is 0 Å². The summed E-state index contributed by atoms with van der Waals surface area (Å²) in [5, 5.41) is 8.86. The average Bonchev–Trinajstić information content (AvgIpc) is 2.70. The minimum absolute atomic E-state index is 0. The zero-order chi connectivity index (χ0) is 16.2. The van der Waals surface area contributed by atoms with Gasteiger partial charge in [0.2, 0.25) is 10.0 Å². The van der Waals surface area contributed by atoms with Gasteiger partial charge in [-0.1, -0.05) is 25.7 Å². The summed E-state index contributed by atoms with van der Waals surface area (Å²) in [6.45, 7) is 1.95. The Hall–Kier alpha value is -1.13. The first-order chi connectivity index (χ1) is 10.4. The van der Waals surface area contributed by atoms with E-state index in [0.29, 0.717) is 11.1 Å². The van der Waals surface area contributed by atoms with E-state index in [4.69, 9.17) is 11.0 Å². The fourth-order valence-corrected chi connectivity index (χ4v) is 4.31. The summed E-state index contributed by atoms with van der Waals surface area (Å²) in [6, 6.07) is 6.59. The maximum absolute atomic E-state index is 12.5. The number of nitrogens with one attached hydrogen (secondary N) is 1. The zero-order valence-electron chi connectivity index (χ0n) is 13.3. The summed E-state index contributed by atoms with van der Waals surface area (Å²) >= 11 is 0. The minimum atomic E-state index is -3.60. The lowest BCUT2D eigenvalue weighted by Crippen LogP contribution is -2.49. The molecule has 0 saturated heterocycles. The third-order valence-corrected chi connectivity index (χ3v) is 5.87. The van der Waals surface area contributed by atoms with Gasteiger partial charge in [0.25, 0.3) is 0 Å². The summed E-state index contributed by atoms with van der Waals surface area (Å²) in [7, 11) is -3.60. The molecule has 5 nitrogen and oxygen atoms in total. The van der Waals surface area contributed by atoms with Gasteiger partial charge in [-0.3, -0.25) is 0 Å². The smallest absolute Gasteiger partial charge is 0.240 e. The molecule has 0 heterocycles. The molecule has 1 fully saturated rings. The molecular formula is C16H24ClN3O2S. The van der Waals surface area contributed by atoms with Crippen molar-refractivity contribution in [3.8, 4) is 6.07 Å². The summed E-state index contributed by atoms with van der Waals surface area (Å²) in [4.78, 5) is 0.212. The second-order valence-electron chi connectivity index (χ2n) is 6.19. The highest BCUT2D eigenvalue weighted by Gasteiger charge is 2.28. The second-order valence-corrected chi connectivity index (χ2v) is 7.93. The van der Waals surface area contributed by atoms with Crippen molar-refractivity contribution in [3.05, 3.63) is 29.3 Å². The van der Waals surface area contributed by atoms with Crippen molar-refractivity contribution >= 4 is 22.4 Å². The zero-order valence-corrected chi connectivity index (χ0v) is 15.0. The van der Waals surface area contributed by atoms with E-state index in [2.05, 4.69) is 4.72 Å². The molecule has 1 aromatic carbocycles. The van der Waals surface area contributed by atoms with Gasteiger partial charge < -0.3 is 5.73 Å². The molecule has 0 bridgehead atoms. The highest BCUT2D eigenvalue weighted by atomic mass is 35.5. The Balaban J connectivity index is 0.00000264. The van der Waals surface area contributed by atoms with Crippen molar-refractivity contribution in [1.29, 1.82) is 5.26 Å². The van der Waals surface area contributed by atoms with E-state index < -0.39 is 15.6 Å². The molecule has 1 aliphatic rings. The summed E-state index contributed by atoms with van der Waals surface area (Å²) in [5.74, 6) is 0. The molecule has 0 unspecified atom stereocenters. The highest BCUT2D eigenvalue weighted by Crippen LogP contribution is 2.25. The number of nitriles is 1. The topological polar surface area (TPSA) is 96.0 Å². The second kappa shape index (κ2) is 8.11. The number of nitrogens with zero attached hydrogens (tertiary/aromatic N) is 1. The molecule has 3 N–H and O–H groups in total. The van der Waals surface area contributed by atoms with E-state index in [0.717, 1.165) is 25.7 Å². The van der Waals surface area contributed by atoms with Gasteiger partial charge in [0.05, 0.1) is 16.5 Å². The van der Waals surface area contributed by atoms with Crippen LogP contribution in [0.5, 0.6) is 0 Å². The third kappa shape index (κ3) is 5.18. The van der Waals surface area contributed by atoms with Crippen LogP contribution in [0.4, 0.5) is 0 Å². The van der Waals surface area contributed by atoms with E-state index in [1.54, 1.807) is 13.0 Å². The predicted octanol–water partition coefficient (Wildman–Crippen LogP) is 2.62. The summed E-state index contributed by atoms with van der Waals surface area (Å²) in [6.07, 6.45) is 6.13. The Morgan fingerprint density at radius 3 is 2.39 bits per heavy atom. The lowest BCUT2D eigenvalue weighted by molar-refractivity contribution is 0.369. The van der Waals surface area contributed by atoms with E-state index in [1.807, 2.05) is 6.07 Å². The maximum atomic E-state index is 12.5. The lowest BCUT2D eigenvalue weighted by atomic mass is 9.92. The number of halogens is 1. The fraction of sp³-hybridized carbons (Fsp3) is 0.562. The number of sulfonamides is 1. The van der Waals surface area contributed by atoms with Gasteiger partial charge in [-0.2, -0.15) is 5.26 Å². The summed E-state index contributed by atoms with van der Waals surface area (Å²) in [5.41, 5.74) is 6.93. The molecule has 128 valence electrons. The van der Waals surface area contributed by atoms with E-state index in [9.17, 15) is 8.42 Å². The first-order valence-corrected chi connectivity index (χ1v) is 9.14. The Bertz CT molecular complexity index is 675. The van der Waals surface area contributed by atoms with E-state index >= 15 is 0 Å². The van der Waals surface area contributed by atoms with Crippen LogP contribution in [0.15, 0.2) is 23.1 Å². The predicted molar refractivity (Wildman–Crippen MR) is 93.0 cm³/mol. The lowest BCUT2D eigenvalue weighted by Gasteiger charge is -2.28. The molecule has 23 heavy (non-hydrogen) atoms. The highest BCUT2D eigenvalue weighted by molar-refractivity contribution is 7.89. The van der Waals surface area contributed by atoms with Crippen molar-refractivity contribution in [2.45, 2.75) is 55.9 Å². The number of rotatable bonds is 4. The van der Waals surface area contributed by atoms with Crippen LogP contribution in [-0.2, 0) is 10.0 Å². The number of benzene rings is 1. The normalized spacial score (nSPS) is 17.6. The SMILES string of the molecule is Cc1cc(C#N)ccc1S(=O)(=O)NCC1(N)CCCCCC1.Cl. The van der Waals surface area contributed by atoms with Gasteiger partial charge in [-0.15, -0.1) is 12.4 Å². The largest absolute Gasteiger partial charge is 0.324 e. The molecule has 0 radical (unpaired) electrons. The standard InChI is InChI=1S/C16H23N3O2S.ClH/c1-13-10-14(11-17)6-7-15(13)22(20,21)19-12-16(18)8-4-2-3-5-9-16;/h6-7,10,19H,2-5,8-9,12,18H2,1H3;1H. The molecule has 1 aromatic rings. The van der Waals surface area contributed by atoms with Crippen LogP contribution >= 0.6 is 12.4 Å². The van der Waals surface area contributed by atoms with E-state index in [1.165, 1.54) is 25.0 Å². The molecule has 7 heteroatoms. The number of nitrogens with two attached hydrogens (primary N) is 1. The Labute approximate surface area is 144 Å². The first-order valence-electron chi connectivity index (χ1n) is 7.66. The first kappa shape index (κ1) is 19.9. The number of aryl methyl sites for hydroxylation is 1. The van der Waals surface area contributed by atoms with Crippen LogP contribution in [0.1, 0.15) is 49.7 Å². The van der Waals surface area contributed by atoms with Gasteiger partial charge in [-0.05, 0) is 43.5 Å². The van der Waals surface area contributed by atoms with Gasteiger partial charge in [0.15, 0.2) is 0 Å². The van der Waals surface area contributed by atoms with Crippen LogP contribution in [0.25, 0.3) is 0 Å². The van der Waals surface area contributed by atoms with Gasteiger partial charge in [-0.25, -0.2) is 13.1 Å². The maximum Gasteiger partial charge on any atom is 0.240 e. The molecule has 0 aliphatic heterocycles. The average molecular weight is 358 g/mol. The van der Waals surface area contributed by atoms with Crippen molar-refractivity contribution < 1.29 is 8.42 Å². The molecule has 2 rings (SSSR count). The monoisotopic (exact) mass is 357 g/mol. The third-order valence-electron chi connectivity index (χ3n) is 4.31. The Morgan fingerprint density at radius 1 is 1.26 bits per heavy atom. The minimum Gasteiger partial charge on any atom is -0.324 e. The number of hydrogen-bond donors (Lipinski definition) is 2. The molecule has 1 saturated carbocycles. The molecule has 0 spiro atoms. The quantitative estimate of drug-likeness (QED) is 0.809. The van der Waals surface area contributed by atoms with Gasteiger partial charge in [0, 0.05) is 12.1 Å².